The van der Waals surface area contributed by atoms with Crippen LogP contribution in [0.5, 0.6) is 0 Å². The summed E-state index contributed by atoms with van der Waals surface area (Å²) in [6.07, 6.45) is 3.20. The van der Waals surface area contributed by atoms with Crippen molar-refractivity contribution < 1.29 is 13.9 Å². The van der Waals surface area contributed by atoms with Crippen LogP contribution >= 0.6 is 23.4 Å². The summed E-state index contributed by atoms with van der Waals surface area (Å²) in [6.45, 7) is 5.15. The Morgan fingerprint density at radius 1 is 1.06 bits per heavy atom. The number of nitrogens with zero attached hydrogens (tertiary/aromatic N) is 3. The molecule has 0 atom stereocenters. The van der Waals surface area contributed by atoms with Gasteiger partial charge < -0.3 is 9.52 Å². The molecule has 0 aliphatic heterocycles. The van der Waals surface area contributed by atoms with Crippen molar-refractivity contribution in [1.29, 1.82) is 0 Å². The second kappa shape index (κ2) is 8.42. The maximum Gasteiger partial charge on any atom is 0.228 e. The maximum absolute atomic E-state index is 13.6. The van der Waals surface area contributed by atoms with Gasteiger partial charge in [-0.1, -0.05) is 11.6 Å². The summed E-state index contributed by atoms with van der Waals surface area (Å²) in [4.78, 5) is 13.4. The van der Waals surface area contributed by atoms with E-state index in [1.807, 2.05) is 6.07 Å². The molecule has 0 bridgehead atoms. The number of aromatic nitrogens is 3. The van der Waals surface area contributed by atoms with Crippen molar-refractivity contribution in [2.24, 2.45) is 0 Å². The van der Waals surface area contributed by atoms with Gasteiger partial charge in [0.05, 0.1) is 10.7 Å². The molecule has 5 nitrogen and oxygen atoms in total. The van der Waals surface area contributed by atoms with Crippen molar-refractivity contribution in [1.82, 2.24) is 15.0 Å². The summed E-state index contributed by atoms with van der Waals surface area (Å²) in [5.74, 6) is 0.0509. The molecule has 1 aromatic carbocycles. The summed E-state index contributed by atoms with van der Waals surface area (Å²) in [5, 5.41) is 11.9. The molecule has 0 amide bonds. The van der Waals surface area contributed by atoms with E-state index in [9.17, 15) is 9.50 Å². The number of rotatable bonds is 5. The van der Waals surface area contributed by atoms with E-state index in [1.54, 1.807) is 57.4 Å². The van der Waals surface area contributed by atoms with Crippen LogP contribution in [0.4, 0.5) is 4.39 Å². The van der Waals surface area contributed by atoms with Gasteiger partial charge in [-0.15, -0.1) is 0 Å². The Bertz CT molecular complexity index is 1220. The average Bonchev–Trinajstić information content (AvgIpc) is 3.12. The molecule has 0 aliphatic rings. The van der Waals surface area contributed by atoms with Crippen LogP contribution in [0, 0.1) is 12.7 Å². The summed E-state index contributed by atoms with van der Waals surface area (Å²) in [6, 6.07) is 11.6. The SMILES string of the molecule is Cc1cc(F)ccc1-c1nc(-c2ccc(C(C)(C)O)nc2)c(Sc2ccc(Cl)cn2)o1. The number of benzene rings is 1. The van der Waals surface area contributed by atoms with Crippen LogP contribution in [-0.4, -0.2) is 20.1 Å². The van der Waals surface area contributed by atoms with Gasteiger partial charge in [0.2, 0.25) is 5.89 Å². The van der Waals surface area contributed by atoms with Crippen molar-refractivity contribution >= 4 is 23.4 Å². The van der Waals surface area contributed by atoms with Gasteiger partial charge >= 0.3 is 0 Å². The van der Waals surface area contributed by atoms with E-state index >= 15 is 0 Å². The van der Waals surface area contributed by atoms with Crippen LogP contribution in [-0.2, 0) is 5.60 Å². The Balaban J connectivity index is 1.79. The molecule has 0 saturated carbocycles. The van der Waals surface area contributed by atoms with E-state index in [4.69, 9.17) is 16.0 Å². The van der Waals surface area contributed by atoms with Gasteiger partial charge in [-0.25, -0.2) is 14.4 Å². The fourth-order valence-corrected chi connectivity index (χ4v) is 3.88. The molecule has 0 spiro atoms. The summed E-state index contributed by atoms with van der Waals surface area (Å²) in [7, 11) is 0. The zero-order valence-electron chi connectivity index (χ0n) is 17.1. The first-order valence-corrected chi connectivity index (χ1v) is 10.7. The lowest BCUT2D eigenvalue weighted by Gasteiger charge is -2.16. The molecular weight excluding hydrogens is 437 g/mol. The highest BCUT2D eigenvalue weighted by atomic mass is 35.5. The van der Waals surface area contributed by atoms with Crippen LogP contribution in [0.2, 0.25) is 5.02 Å². The van der Waals surface area contributed by atoms with Gasteiger partial charge in [0.1, 0.15) is 22.1 Å². The summed E-state index contributed by atoms with van der Waals surface area (Å²) < 4.78 is 19.7. The van der Waals surface area contributed by atoms with Crippen molar-refractivity contribution in [3.8, 4) is 22.7 Å². The lowest BCUT2D eigenvalue weighted by molar-refractivity contribution is 0.0739. The first-order chi connectivity index (χ1) is 14.7. The fourth-order valence-electron chi connectivity index (χ4n) is 2.95. The fraction of sp³-hybridized carbons (Fsp3) is 0.174. The van der Waals surface area contributed by atoms with E-state index in [2.05, 4.69) is 15.0 Å². The number of aliphatic hydroxyl groups is 1. The summed E-state index contributed by atoms with van der Waals surface area (Å²) in [5.41, 5.74) is 2.20. The molecule has 4 rings (SSSR count). The molecule has 0 unspecified atom stereocenters. The Labute approximate surface area is 188 Å². The van der Waals surface area contributed by atoms with Crippen LogP contribution in [0.15, 0.2) is 69.4 Å². The van der Waals surface area contributed by atoms with E-state index in [1.165, 1.54) is 23.9 Å². The van der Waals surface area contributed by atoms with Gasteiger partial charge in [0.15, 0.2) is 5.09 Å². The molecule has 0 aliphatic carbocycles. The largest absolute Gasteiger partial charge is 0.429 e. The van der Waals surface area contributed by atoms with Gasteiger partial charge in [-0.3, -0.25) is 4.98 Å². The predicted octanol–water partition coefficient (Wildman–Crippen LogP) is 6.28. The van der Waals surface area contributed by atoms with E-state index in [-0.39, 0.29) is 5.82 Å². The van der Waals surface area contributed by atoms with E-state index in [0.717, 1.165) is 5.56 Å². The van der Waals surface area contributed by atoms with Gasteiger partial charge in [-0.05, 0) is 80.6 Å². The monoisotopic (exact) mass is 455 g/mol. The van der Waals surface area contributed by atoms with Gasteiger partial charge in [0.25, 0.3) is 0 Å². The number of hydrogen-bond acceptors (Lipinski definition) is 6. The van der Waals surface area contributed by atoms with Gasteiger partial charge in [0, 0.05) is 23.5 Å². The van der Waals surface area contributed by atoms with E-state index < -0.39 is 5.60 Å². The smallest absolute Gasteiger partial charge is 0.228 e. The lowest BCUT2D eigenvalue weighted by atomic mass is 10.0. The third-order valence-corrected chi connectivity index (χ3v) is 5.71. The topological polar surface area (TPSA) is 72.0 Å². The summed E-state index contributed by atoms with van der Waals surface area (Å²) >= 11 is 7.24. The predicted molar refractivity (Wildman–Crippen MR) is 118 cm³/mol. The van der Waals surface area contributed by atoms with Crippen LogP contribution < -0.4 is 0 Å². The first kappa shape index (κ1) is 21.5. The second-order valence-corrected chi connectivity index (χ2v) is 8.95. The molecular formula is C23H19ClFN3O2S. The van der Waals surface area contributed by atoms with Crippen LogP contribution in [0.3, 0.4) is 0 Å². The molecule has 0 saturated heterocycles. The van der Waals surface area contributed by atoms with Crippen LogP contribution in [0.25, 0.3) is 22.7 Å². The minimum absolute atomic E-state index is 0.320. The number of pyridine rings is 2. The molecule has 31 heavy (non-hydrogen) atoms. The molecule has 3 heterocycles. The lowest BCUT2D eigenvalue weighted by Crippen LogP contribution is -2.17. The van der Waals surface area contributed by atoms with Crippen molar-refractivity contribution in [2.75, 3.05) is 0 Å². The maximum atomic E-state index is 13.6. The Kier molecular flexibility index (Phi) is 5.83. The highest BCUT2D eigenvalue weighted by Crippen LogP contribution is 2.39. The molecule has 3 aromatic heterocycles. The van der Waals surface area contributed by atoms with Crippen molar-refractivity contribution in [2.45, 2.75) is 36.5 Å². The second-order valence-electron chi connectivity index (χ2n) is 7.52. The minimum atomic E-state index is -1.05. The first-order valence-electron chi connectivity index (χ1n) is 9.47. The number of aryl methyl sites for hydroxylation is 1. The van der Waals surface area contributed by atoms with Crippen molar-refractivity contribution in [3.63, 3.8) is 0 Å². The Morgan fingerprint density at radius 3 is 2.48 bits per heavy atom. The highest BCUT2D eigenvalue weighted by Gasteiger charge is 2.22. The quantitative estimate of drug-likeness (QED) is 0.382. The normalized spacial score (nSPS) is 11.7. The Hall–Kier alpha value is -2.74. The molecule has 0 fully saturated rings. The van der Waals surface area contributed by atoms with E-state index in [0.29, 0.717) is 43.5 Å². The zero-order valence-corrected chi connectivity index (χ0v) is 18.6. The molecule has 0 radical (unpaired) electrons. The number of hydrogen-bond donors (Lipinski definition) is 1. The third-order valence-electron chi connectivity index (χ3n) is 4.58. The van der Waals surface area contributed by atoms with Crippen molar-refractivity contribution in [3.05, 3.63) is 77.0 Å². The molecule has 1 N–H and O–H groups in total. The third kappa shape index (κ3) is 4.79. The number of halogens is 2. The average molecular weight is 456 g/mol. The zero-order chi connectivity index (χ0) is 22.2. The molecule has 158 valence electrons. The molecule has 4 aromatic rings. The Morgan fingerprint density at radius 2 is 1.87 bits per heavy atom. The molecule has 8 heteroatoms. The van der Waals surface area contributed by atoms with Gasteiger partial charge in [-0.2, -0.15) is 0 Å². The standard InChI is InChI=1S/C23H19ClFN3O2S/c1-13-10-16(25)6-7-17(13)21-28-20(14-4-8-18(26-11-14)23(2,3)29)22(30-21)31-19-9-5-15(24)12-27-19/h4-12,29H,1-3H3. The number of oxazole rings is 1. The van der Waals surface area contributed by atoms with Crippen LogP contribution in [0.1, 0.15) is 25.1 Å². The highest BCUT2D eigenvalue weighted by molar-refractivity contribution is 7.99. The minimum Gasteiger partial charge on any atom is -0.429 e.